The first-order chi connectivity index (χ1) is 18.5. The van der Waals surface area contributed by atoms with Gasteiger partial charge in [0.15, 0.2) is 0 Å². The summed E-state index contributed by atoms with van der Waals surface area (Å²) in [4.78, 5) is 2.19. The normalized spacial score (nSPS) is 11.2. The van der Waals surface area contributed by atoms with Crippen molar-refractivity contribution in [1.82, 2.24) is 0 Å². The molecule has 0 fully saturated rings. The molecule has 40 heavy (non-hydrogen) atoms. The first-order valence-electron chi connectivity index (χ1n) is 13.4. The van der Waals surface area contributed by atoms with Crippen molar-refractivity contribution in [3.8, 4) is 23.0 Å². The second-order valence-corrected chi connectivity index (χ2v) is 12.6. The molecule has 0 atom stereocenters. The van der Waals surface area contributed by atoms with E-state index in [1.807, 2.05) is 104 Å². The summed E-state index contributed by atoms with van der Waals surface area (Å²) in [5.41, 5.74) is 9.26. The third-order valence-corrected chi connectivity index (χ3v) is 8.53. The van der Waals surface area contributed by atoms with E-state index in [9.17, 15) is 20.4 Å². The number of phenolic OH excluding ortho intramolecular Hbond substituents is 4. The van der Waals surface area contributed by atoms with Crippen LogP contribution in [0.3, 0.4) is 0 Å². The Balaban J connectivity index is 0.000000222. The van der Waals surface area contributed by atoms with Gasteiger partial charge in [-0.1, -0.05) is 49.9 Å². The quantitative estimate of drug-likeness (QED) is 0.201. The highest BCUT2D eigenvalue weighted by atomic mass is 32.2. The maximum absolute atomic E-state index is 9.96. The summed E-state index contributed by atoms with van der Waals surface area (Å²) in [6.45, 7) is 19.7. The van der Waals surface area contributed by atoms with Gasteiger partial charge < -0.3 is 20.4 Å². The number of aromatic hydroxyl groups is 4. The van der Waals surface area contributed by atoms with Crippen LogP contribution in [0.2, 0.25) is 0 Å². The lowest BCUT2D eigenvalue weighted by atomic mass is 9.76. The molecule has 0 bridgehead atoms. The lowest BCUT2D eigenvalue weighted by Crippen LogP contribution is -2.19. The molecule has 0 heterocycles. The maximum atomic E-state index is 9.96. The van der Waals surface area contributed by atoms with Crippen LogP contribution in [-0.4, -0.2) is 20.4 Å². The standard InChI is InChI=1S/C19H24O2.C16H18O2S/c1-11-7-15(8-12(2)17(11)20)19(5,6)16-9-13(3)18(21)14(4)10-16;1-9-5-13(6-10(2)15(9)17)19-14-7-11(3)16(18)12(4)8-14/h7-10,20-21H,1-6H3;5-8,17-18H,1-4H3. The summed E-state index contributed by atoms with van der Waals surface area (Å²) in [6, 6.07) is 16.1. The summed E-state index contributed by atoms with van der Waals surface area (Å²) in [5, 5.41) is 39.5. The number of phenols is 4. The van der Waals surface area contributed by atoms with Crippen molar-refractivity contribution in [2.75, 3.05) is 0 Å². The van der Waals surface area contributed by atoms with Crippen LogP contribution >= 0.6 is 11.8 Å². The molecule has 0 aliphatic carbocycles. The Bertz CT molecular complexity index is 1360. The van der Waals surface area contributed by atoms with E-state index in [0.717, 1.165) is 54.3 Å². The molecule has 0 radical (unpaired) electrons. The first-order valence-corrected chi connectivity index (χ1v) is 14.2. The molecule has 0 unspecified atom stereocenters. The van der Waals surface area contributed by atoms with Crippen molar-refractivity contribution < 1.29 is 20.4 Å². The monoisotopic (exact) mass is 558 g/mol. The second-order valence-electron chi connectivity index (χ2n) is 11.5. The topological polar surface area (TPSA) is 80.9 Å². The van der Waals surface area contributed by atoms with Gasteiger partial charge >= 0.3 is 0 Å². The Morgan fingerprint density at radius 2 is 0.600 bits per heavy atom. The Morgan fingerprint density at radius 3 is 0.825 bits per heavy atom. The first kappa shape index (κ1) is 31.0. The van der Waals surface area contributed by atoms with E-state index in [1.165, 1.54) is 11.1 Å². The number of aryl methyl sites for hydroxylation is 8. The predicted molar refractivity (Wildman–Crippen MR) is 167 cm³/mol. The molecule has 212 valence electrons. The fraction of sp³-hybridized carbons (Fsp3) is 0.314. The molecule has 4 aromatic carbocycles. The third-order valence-electron chi connectivity index (χ3n) is 7.59. The summed E-state index contributed by atoms with van der Waals surface area (Å²) in [5.74, 6) is 1.46. The molecule has 0 saturated carbocycles. The van der Waals surface area contributed by atoms with Crippen LogP contribution < -0.4 is 0 Å². The summed E-state index contributed by atoms with van der Waals surface area (Å²) < 4.78 is 0. The molecular formula is C35H42O4S. The average molecular weight is 559 g/mol. The highest BCUT2D eigenvalue weighted by molar-refractivity contribution is 7.99. The molecule has 0 aliphatic rings. The molecule has 0 aliphatic heterocycles. The van der Waals surface area contributed by atoms with Crippen molar-refractivity contribution in [2.24, 2.45) is 0 Å². The molecule has 5 heteroatoms. The Morgan fingerprint density at radius 1 is 0.400 bits per heavy atom. The van der Waals surface area contributed by atoms with Gasteiger partial charge in [0.2, 0.25) is 0 Å². The van der Waals surface area contributed by atoms with Gasteiger partial charge in [0, 0.05) is 15.2 Å². The number of benzene rings is 4. The Kier molecular flexibility index (Phi) is 9.21. The second kappa shape index (κ2) is 11.9. The van der Waals surface area contributed by atoms with E-state index in [1.54, 1.807) is 11.8 Å². The van der Waals surface area contributed by atoms with Gasteiger partial charge in [0.25, 0.3) is 0 Å². The van der Waals surface area contributed by atoms with E-state index < -0.39 is 0 Å². The summed E-state index contributed by atoms with van der Waals surface area (Å²) in [7, 11) is 0. The molecule has 4 nitrogen and oxygen atoms in total. The van der Waals surface area contributed by atoms with Gasteiger partial charge in [-0.2, -0.15) is 0 Å². The van der Waals surface area contributed by atoms with Gasteiger partial charge in [0.1, 0.15) is 23.0 Å². The highest BCUT2D eigenvalue weighted by Gasteiger charge is 2.25. The van der Waals surface area contributed by atoms with Crippen LogP contribution in [0.5, 0.6) is 23.0 Å². The van der Waals surface area contributed by atoms with Crippen molar-refractivity contribution in [1.29, 1.82) is 0 Å². The molecule has 4 N–H and O–H groups in total. The smallest absolute Gasteiger partial charge is 0.121 e. The van der Waals surface area contributed by atoms with E-state index >= 15 is 0 Å². The lowest BCUT2D eigenvalue weighted by Gasteiger charge is -2.28. The van der Waals surface area contributed by atoms with E-state index in [4.69, 9.17) is 0 Å². The van der Waals surface area contributed by atoms with Crippen LogP contribution in [0.4, 0.5) is 0 Å². The van der Waals surface area contributed by atoms with Gasteiger partial charge in [0.05, 0.1) is 0 Å². The van der Waals surface area contributed by atoms with Crippen molar-refractivity contribution in [3.05, 3.63) is 104 Å². The molecule has 4 rings (SSSR count). The molecular weight excluding hydrogens is 516 g/mol. The number of hydrogen-bond donors (Lipinski definition) is 4. The van der Waals surface area contributed by atoms with E-state index in [0.29, 0.717) is 23.0 Å². The predicted octanol–water partition coefficient (Wildman–Crippen LogP) is 9.14. The largest absolute Gasteiger partial charge is 0.507 e. The maximum Gasteiger partial charge on any atom is 0.121 e. The van der Waals surface area contributed by atoms with Crippen LogP contribution in [0.1, 0.15) is 69.5 Å². The zero-order valence-corrected chi connectivity index (χ0v) is 26.1. The van der Waals surface area contributed by atoms with Crippen LogP contribution in [0.15, 0.2) is 58.3 Å². The fourth-order valence-corrected chi connectivity index (χ4v) is 6.10. The van der Waals surface area contributed by atoms with Crippen molar-refractivity contribution in [3.63, 3.8) is 0 Å². The van der Waals surface area contributed by atoms with Gasteiger partial charge in [-0.15, -0.1) is 0 Å². The minimum atomic E-state index is -0.188. The Hall–Kier alpha value is -3.57. The van der Waals surface area contributed by atoms with Gasteiger partial charge in [-0.25, -0.2) is 0 Å². The SMILES string of the molecule is Cc1cc(C(C)(C)c2cc(C)c(O)c(C)c2)cc(C)c1O.Cc1cc(Sc2cc(C)c(O)c(C)c2)cc(C)c1O. The molecule has 0 spiro atoms. The zero-order chi connectivity index (χ0) is 30.1. The van der Waals surface area contributed by atoms with E-state index in [-0.39, 0.29) is 5.41 Å². The van der Waals surface area contributed by atoms with Crippen molar-refractivity contribution in [2.45, 2.75) is 84.4 Å². The summed E-state index contributed by atoms with van der Waals surface area (Å²) in [6.07, 6.45) is 0. The van der Waals surface area contributed by atoms with Crippen molar-refractivity contribution >= 4 is 11.8 Å². The molecule has 0 aromatic heterocycles. The number of rotatable bonds is 4. The van der Waals surface area contributed by atoms with Crippen LogP contribution in [0.25, 0.3) is 0 Å². The highest BCUT2D eigenvalue weighted by Crippen LogP contribution is 2.38. The minimum Gasteiger partial charge on any atom is -0.507 e. The molecule has 0 saturated heterocycles. The minimum absolute atomic E-state index is 0.188. The molecule has 0 amide bonds. The number of hydrogen-bond acceptors (Lipinski definition) is 5. The van der Waals surface area contributed by atoms with Gasteiger partial charge in [-0.05, 0) is 135 Å². The van der Waals surface area contributed by atoms with Crippen LogP contribution in [-0.2, 0) is 5.41 Å². The zero-order valence-electron chi connectivity index (χ0n) is 25.3. The average Bonchev–Trinajstić information content (AvgIpc) is 2.87. The lowest BCUT2D eigenvalue weighted by molar-refractivity contribution is 0.464. The third kappa shape index (κ3) is 6.59. The summed E-state index contributed by atoms with van der Waals surface area (Å²) >= 11 is 1.64. The van der Waals surface area contributed by atoms with E-state index in [2.05, 4.69) is 13.8 Å². The Labute approximate surface area is 243 Å². The molecule has 4 aromatic rings. The fourth-order valence-electron chi connectivity index (χ4n) is 4.89. The van der Waals surface area contributed by atoms with Crippen LogP contribution in [0, 0.1) is 55.4 Å². The van der Waals surface area contributed by atoms with Gasteiger partial charge in [-0.3, -0.25) is 0 Å².